The van der Waals surface area contributed by atoms with Gasteiger partial charge in [0.2, 0.25) is 0 Å². The summed E-state index contributed by atoms with van der Waals surface area (Å²) >= 11 is 0. The third-order valence-corrected chi connectivity index (χ3v) is 4.74. The van der Waals surface area contributed by atoms with Crippen LogP contribution in [0.15, 0.2) is 0 Å². The van der Waals surface area contributed by atoms with Crippen molar-refractivity contribution < 1.29 is 0 Å². The van der Waals surface area contributed by atoms with Crippen molar-refractivity contribution in [2.45, 2.75) is 65.5 Å². The molecule has 1 saturated heterocycles. The Bertz CT molecular complexity index is 247. The Balaban J connectivity index is 2.03. The molecular formula is C15H30N2. The first-order valence-corrected chi connectivity index (χ1v) is 7.46. The summed E-state index contributed by atoms with van der Waals surface area (Å²) in [5.74, 6) is 0.771. The van der Waals surface area contributed by atoms with Crippen LogP contribution in [0.2, 0.25) is 0 Å². The van der Waals surface area contributed by atoms with E-state index in [0.717, 1.165) is 18.0 Å². The standard InChI is InChI=1S/C15H30N2/c1-12(2)14-11-16-8-9-17(14)13-6-5-7-15(3,4)10-13/h12-14,16H,5-11H2,1-4H3. The SMILES string of the molecule is CC(C)C1CNCCN1C1CCCC(C)(C)C1. The van der Waals surface area contributed by atoms with E-state index in [0.29, 0.717) is 5.41 Å². The predicted octanol–water partition coefficient (Wildman–Crippen LogP) is 2.89. The summed E-state index contributed by atoms with van der Waals surface area (Å²) in [6, 6.07) is 1.59. The van der Waals surface area contributed by atoms with Gasteiger partial charge in [-0.15, -0.1) is 0 Å². The van der Waals surface area contributed by atoms with Crippen LogP contribution in [0.4, 0.5) is 0 Å². The van der Waals surface area contributed by atoms with Gasteiger partial charge in [0.15, 0.2) is 0 Å². The third kappa shape index (κ3) is 3.23. The summed E-state index contributed by atoms with van der Waals surface area (Å²) in [5.41, 5.74) is 0.565. The lowest BCUT2D eigenvalue weighted by molar-refractivity contribution is 0.0284. The summed E-state index contributed by atoms with van der Waals surface area (Å²) in [7, 11) is 0. The number of hydrogen-bond donors (Lipinski definition) is 1. The van der Waals surface area contributed by atoms with Crippen molar-refractivity contribution in [2.75, 3.05) is 19.6 Å². The van der Waals surface area contributed by atoms with Crippen molar-refractivity contribution in [2.24, 2.45) is 11.3 Å². The quantitative estimate of drug-likeness (QED) is 0.796. The van der Waals surface area contributed by atoms with Crippen molar-refractivity contribution in [3.63, 3.8) is 0 Å². The lowest BCUT2D eigenvalue weighted by atomic mass is 9.74. The lowest BCUT2D eigenvalue weighted by Crippen LogP contribution is -2.58. The highest BCUT2D eigenvalue weighted by atomic mass is 15.2. The van der Waals surface area contributed by atoms with Crippen LogP contribution in [0.25, 0.3) is 0 Å². The van der Waals surface area contributed by atoms with E-state index in [9.17, 15) is 0 Å². The fourth-order valence-corrected chi connectivity index (χ4v) is 3.75. The third-order valence-electron chi connectivity index (χ3n) is 4.74. The molecule has 1 heterocycles. The second-order valence-corrected chi connectivity index (χ2v) is 7.17. The number of hydrogen-bond acceptors (Lipinski definition) is 2. The zero-order valence-electron chi connectivity index (χ0n) is 12.1. The zero-order chi connectivity index (χ0) is 12.5. The minimum absolute atomic E-state index is 0.565. The maximum Gasteiger partial charge on any atom is 0.0247 e. The molecule has 2 rings (SSSR count). The topological polar surface area (TPSA) is 15.3 Å². The molecule has 2 nitrogen and oxygen atoms in total. The molecule has 0 aromatic carbocycles. The normalized spacial score (nSPS) is 35.1. The Labute approximate surface area is 107 Å². The molecule has 1 saturated carbocycles. The average Bonchev–Trinajstić information content (AvgIpc) is 2.27. The van der Waals surface area contributed by atoms with Gasteiger partial charge in [0.05, 0.1) is 0 Å². The van der Waals surface area contributed by atoms with Gasteiger partial charge in [-0.2, -0.15) is 0 Å². The van der Waals surface area contributed by atoms with Gasteiger partial charge in [-0.1, -0.05) is 34.1 Å². The van der Waals surface area contributed by atoms with E-state index < -0.39 is 0 Å². The van der Waals surface area contributed by atoms with Gasteiger partial charge < -0.3 is 5.32 Å². The van der Waals surface area contributed by atoms with Crippen molar-refractivity contribution in [1.29, 1.82) is 0 Å². The molecular weight excluding hydrogens is 208 g/mol. The van der Waals surface area contributed by atoms with E-state index in [2.05, 4.69) is 37.9 Å². The van der Waals surface area contributed by atoms with Crippen molar-refractivity contribution in [3.05, 3.63) is 0 Å². The molecule has 0 bridgehead atoms. The highest BCUT2D eigenvalue weighted by Gasteiger charge is 2.36. The van der Waals surface area contributed by atoms with Crippen molar-refractivity contribution in [1.82, 2.24) is 10.2 Å². The molecule has 17 heavy (non-hydrogen) atoms. The van der Waals surface area contributed by atoms with Gasteiger partial charge in [-0.3, -0.25) is 4.90 Å². The Morgan fingerprint density at radius 3 is 2.71 bits per heavy atom. The minimum Gasteiger partial charge on any atom is -0.314 e. The highest BCUT2D eigenvalue weighted by molar-refractivity contribution is 4.91. The van der Waals surface area contributed by atoms with Crippen LogP contribution in [-0.4, -0.2) is 36.6 Å². The first kappa shape index (κ1) is 13.4. The lowest BCUT2D eigenvalue weighted by Gasteiger charge is -2.48. The van der Waals surface area contributed by atoms with Crippen LogP contribution in [0.5, 0.6) is 0 Å². The molecule has 0 radical (unpaired) electrons. The summed E-state index contributed by atoms with van der Waals surface area (Å²) in [6.45, 7) is 13.3. The van der Waals surface area contributed by atoms with Gasteiger partial charge >= 0.3 is 0 Å². The zero-order valence-corrected chi connectivity index (χ0v) is 12.1. The van der Waals surface area contributed by atoms with Gasteiger partial charge in [-0.05, 0) is 30.6 Å². The molecule has 100 valence electrons. The average molecular weight is 238 g/mol. The monoisotopic (exact) mass is 238 g/mol. The van der Waals surface area contributed by atoms with Crippen LogP contribution < -0.4 is 5.32 Å². The Hall–Kier alpha value is -0.0800. The molecule has 1 N–H and O–H groups in total. The molecule has 2 fully saturated rings. The number of rotatable bonds is 2. The van der Waals surface area contributed by atoms with Crippen LogP contribution in [-0.2, 0) is 0 Å². The van der Waals surface area contributed by atoms with Gasteiger partial charge in [0.1, 0.15) is 0 Å². The molecule has 2 atom stereocenters. The van der Waals surface area contributed by atoms with E-state index in [1.54, 1.807) is 0 Å². The Morgan fingerprint density at radius 1 is 1.29 bits per heavy atom. The fourth-order valence-electron chi connectivity index (χ4n) is 3.75. The van der Waals surface area contributed by atoms with E-state index in [4.69, 9.17) is 0 Å². The van der Waals surface area contributed by atoms with Gasteiger partial charge in [0, 0.05) is 31.7 Å². The van der Waals surface area contributed by atoms with Crippen LogP contribution >= 0.6 is 0 Å². The molecule has 0 amide bonds. The molecule has 1 aliphatic heterocycles. The van der Waals surface area contributed by atoms with Crippen molar-refractivity contribution in [3.8, 4) is 0 Å². The molecule has 0 spiro atoms. The molecule has 0 aromatic heterocycles. The number of nitrogens with one attached hydrogen (secondary N) is 1. The summed E-state index contributed by atoms with van der Waals surface area (Å²) in [4.78, 5) is 2.82. The van der Waals surface area contributed by atoms with Crippen LogP contribution in [0.3, 0.4) is 0 Å². The second kappa shape index (κ2) is 5.27. The first-order valence-electron chi connectivity index (χ1n) is 7.46. The number of nitrogens with zero attached hydrogens (tertiary/aromatic N) is 1. The second-order valence-electron chi connectivity index (χ2n) is 7.17. The van der Waals surface area contributed by atoms with E-state index in [-0.39, 0.29) is 0 Å². The minimum atomic E-state index is 0.565. The van der Waals surface area contributed by atoms with Gasteiger partial charge in [0.25, 0.3) is 0 Å². The molecule has 2 heteroatoms. The van der Waals surface area contributed by atoms with E-state index >= 15 is 0 Å². The fraction of sp³-hybridized carbons (Fsp3) is 1.00. The highest BCUT2D eigenvalue weighted by Crippen LogP contribution is 2.38. The summed E-state index contributed by atoms with van der Waals surface area (Å²) in [5, 5.41) is 3.56. The molecule has 1 aliphatic carbocycles. The Morgan fingerprint density at radius 2 is 2.06 bits per heavy atom. The maximum absolute atomic E-state index is 3.56. The van der Waals surface area contributed by atoms with Crippen LogP contribution in [0.1, 0.15) is 53.4 Å². The van der Waals surface area contributed by atoms with Crippen LogP contribution in [0, 0.1) is 11.3 Å². The largest absolute Gasteiger partial charge is 0.314 e. The van der Waals surface area contributed by atoms with Gasteiger partial charge in [-0.25, -0.2) is 0 Å². The maximum atomic E-state index is 3.56. The smallest absolute Gasteiger partial charge is 0.0247 e. The predicted molar refractivity (Wildman–Crippen MR) is 74.2 cm³/mol. The Kier molecular flexibility index (Phi) is 4.14. The van der Waals surface area contributed by atoms with E-state index in [1.807, 2.05) is 0 Å². The van der Waals surface area contributed by atoms with E-state index in [1.165, 1.54) is 45.3 Å². The van der Waals surface area contributed by atoms with Crippen molar-refractivity contribution >= 4 is 0 Å². The summed E-state index contributed by atoms with van der Waals surface area (Å²) < 4.78 is 0. The molecule has 0 aromatic rings. The number of piperazine rings is 1. The first-order chi connectivity index (χ1) is 7.99. The molecule has 2 aliphatic rings. The summed E-state index contributed by atoms with van der Waals surface area (Å²) in [6.07, 6.45) is 5.66. The molecule has 2 unspecified atom stereocenters.